The molecule has 2 nitrogen and oxygen atoms in total. The highest BCUT2D eigenvalue weighted by Gasteiger charge is 2.45. The molecule has 1 aromatic heterocycles. The van der Waals surface area contributed by atoms with Gasteiger partial charge in [0.25, 0.3) is 0 Å². The fourth-order valence-electron chi connectivity index (χ4n) is 4.12. The smallest absolute Gasteiger partial charge is 0.172 e. The molecule has 3 atom stereocenters. The van der Waals surface area contributed by atoms with Gasteiger partial charge < -0.3 is 5.11 Å². The highest BCUT2D eigenvalue weighted by Crippen LogP contribution is 2.50. The summed E-state index contributed by atoms with van der Waals surface area (Å²) in [5.74, 6) is 0.429. The first-order chi connectivity index (χ1) is 12.5. The van der Waals surface area contributed by atoms with Crippen molar-refractivity contribution in [2.24, 2.45) is 12.5 Å². The lowest BCUT2D eigenvalue weighted by Crippen LogP contribution is -2.41. The Bertz CT molecular complexity index is 766. The Kier molecular flexibility index (Phi) is 6.03. The molecule has 1 N–H and O–H groups in total. The number of unbranched alkanes of at least 4 members (excludes halogenated alkanes) is 1. The number of nitrogens with zero attached hydrogens (tertiary/aromatic N) is 1. The first kappa shape index (κ1) is 19.4. The number of aliphatic hydroxyl groups is 1. The summed E-state index contributed by atoms with van der Waals surface area (Å²) in [6.07, 6.45) is 7.65. The van der Waals surface area contributed by atoms with Crippen LogP contribution in [0.1, 0.15) is 56.6 Å². The van der Waals surface area contributed by atoms with Crippen LogP contribution >= 0.6 is 11.8 Å². The quantitative estimate of drug-likeness (QED) is 0.758. The van der Waals surface area contributed by atoms with Crippen molar-refractivity contribution in [3.8, 4) is 0 Å². The minimum atomic E-state index is -0.531. The second-order valence-corrected chi connectivity index (χ2v) is 8.53. The third-order valence-corrected chi connectivity index (χ3v) is 7.22. The second-order valence-electron chi connectivity index (χ2n) is 7.52. The molecule has 0 saturated carbocycles. The van der Waals surface area contributed by atoms with Crippen LogP contribution in [-0.2, 0) is 7.05 Å². The SMILES string of the molecule is CCCCC1(CC)CSc2ccc(F)cc2[C@@H](c2ccc[n+](C)c2)[C@H]1O. The van der Waals surface area contributed by atoms with Gasteiger partial charge in [-0.2, -0.15) is 0 Å². The van der Waals surface area contributed by atoms with Crippen molar-refractivity contribution in [1.82, 2.24) is 0 Å². The predicted molar refractivity (Wildman–Crippen MR) is 105 cm³/mol. The molecule has 1 unspecified atom stereocenters. The summed E-state index contributed by atoms with van der Waals surface area (Å²) in [5.41, 5.74) is 1.81. The Morgan fingerprint density at radius 2 is 2.12 bits per heavy atom. The van der Waals surface area contributed by atoms with Gasteiger partial charge >= 0.3 is 0 Å². The van der Waals surface area contributed by atoms with Gasteiger partial charge in [-0.3, -0.25) is 0 Å². The summed E-state index contributed by atoms with van der Waals surface area (Å²) < 4.78 is 16.1. The largest absolute Gasteiger partial charge is 0.392 e. The van der Waals surface area contributed by atoms with E-state index in [1.54, 1.807) is 17.8 Å². The van der Waals surface area contributed by atoms with E-state index in [0.29, 0.717) is 0 Å². The van der Waals surface area contributed by atoms with E-state index >= 15 is 0 Å². The normalized spacial score (nSPS) is 25.6. The maximum absolute atomic E-state index is 14.1. The van der Waals surface area contributed by atoms with Crippen molar-refractivity contribution in [1.29, 1.82) is 0 Å². The maximum atomic E-state index is 14.1. The van der Waals surface area contributed by atoms with E-state index in [9.17, 15) is 9.50 Å². The summed E-state index contributed by atoms with van der Waals surface area (Å²) in [5, 5.41) is 11.6. The van der Waals surface area contributed by atoms with Gasteiger partial charge in [0.2, 0.25) is 0 Å². The number of aromatic nitrogens is 1. The zero-order valence-corrected chi connectivity index (χ0v) is 16.7. The molecule has 1 aliphatic rings. The monoisotopic (exact) mass is 374 g/mol. The lowest BCUT2D eigenvalue weighted by Gasteiger charge is -2.39. The molecule has 0 aliphatic carbocycles. The van der Waals surface area contributed by atoms with Gasteiger partial charge in [-0.1, -0.05) is 26.7 Å². The Hall–Kier alpha value is -1.39. The molecular weight excluding hydrogens is 345 g/mol. The third-order valence-electron chi connectivity index (χ3n) is 5.82. The van der Waals surface area contributed by atoms with Gasteiger partial charge in [0.05, 0.1) is 6.10 Å². The molecule has 0 bridgehead atoms. The molecule has 140 valence electrons. The molecule has 0 fully saturated rings. The van der Waals surface area contributed by atoms with Crippen LogP contribution in [0.15, 0.2) is 47.6 Å². The lowest BCUT2D eigenvalue weighted by molar-refractivity contribution is -0.672. The first-order valence-corrected chi connectivity index (χ1v) is 10.5. The molecule has 1 aliphatic heterocycles. The molecule has 26 heavy (non-hydrogen) atoms. The third kappa shape index (κ3) is 3.67. The average molecular weight is 375 g/mol. The molecule has 0 saturated heterocycles. The number of fused-ring (bicyclic) bond motifs is 1. The summed E-state index contributed by atoms with van der Waals surface area (Å²) in [7, 11) is 1.98. The van der Waals surface area contributed by atoms with Crippen molar-refractivity contribution in [3.63, 3.8) is 0 Å². The Morgan fingerprint density at radius 3 is 2.81 bits per heavy atom. The fraction of sp³-hybridized carbons (Fsp3) is 0.500. The van der Waals surface area contributed by atoms with Gasteiger partial charge in [0.15, 0.2) is 12.4 Å². The van der Waals surface area contributed by atoms with Gasteiger partial charge in [0, 0.05) is 33.6 Å². The van der Waals surface area contributed by atoms with Crippen LogP contribution in [0.4, 0.5) is 4.39 Å². The number of hydrogen-bond donors (Lipinski definition) is 1. The highest BCUT2D eigenvalue weighted by atomic mass is 32.2. The molecule has 0 spiro atoms. The molecule has 0 radical (unpaired) electrons. The second kappa shape index (κ2) is 8.10. The Labute approximate surface area is 160 Å². The first-order valence-electron chi connectivity index (χ1n) is 9.56. The van der Waals surface area contributed by atoms with E-state index in [0.717, 1.165) is 47.5 Å². The van der Waals surface area contributed by atoms with Crippen LogP contribution < -0.4 is 4.57 Å². The average Bonchev–Trinajstić information content (AvgIpc) is 2.75. The number of halogens is 1. The minimum absolute atomic E-state index is 0.157. The molecule has 2 heterocycles. The minimum Gasteiger partial charge on any atom is -0.392 e. The molecule has 0 amide bonds. The van der Waals surface area contributed by atoms with Crippen LogP contribution in [0.25, 0.3) is 0 Å². The van der Waals surface area contributed by atoms with Gasteiger partial charge in [0.1, 0.15) is 12.9 Å². The molecular formula is C22H29FNOS+. The van der Waals surface area contributed by atoms with E-state index in [4.69, 9.17) is 0 Å². The maximum Gasteiger partial charge on any atom is 0.172 e. The van der Waals surface area contributed by atoms with Gasteiger partial charge in [-0.05, 0) is 42.7 Å². The summed E-state index contributed by atoms with van der Waals surface area (Å²) in [4.78, 5) is 1.09. The fourth-order valence-corrected chi connectivity index (χ4v) is 5.60. The van der Waals surface area contributed by atoms with Crippen LogP contribution in [0.3, 0.4) is 0 Å². The number of thioether (sulfide) groups is 1. The molecule has 3 rings (SSSR count). The predicted octanol–water partition coefficient (Wildman–Crippen LogP) is 4.84. The number of hydrogen-bond acceptors (Lipinski definition) is 2. The molecule has 4 heteroatoms. The number of benzene rings is 1. The summed E-state index contributed by atoms with van der Waals surface area (Å²) >= 11 is 1.77. The van der Waals surface area contributed by atoms with Crippen molar-refractivity contribution >= 4 is 11.8 Å². The van der Waals surface area contributed by atoms with Crippen molar-refractivity contribution < 1.29 is 14.1 Å². The zero-order chi connectivity index (χ0) is 18.7. The number of aryl methyl sites for hydroxylation is 1. The van der Waals surface area contributed by atoms with E-state index in [2.05, 4.69) is 26.1 Å². The van der Waals surface area contributed by atoms with E-state index < -0.39 is 6.10 Å². The van der Waals surface area contributed by atoms with E-state index in [1.165, 1.54) is 6.07 Å². The topological polar surface area (TPSA) is 24.1 Å². The van der Waals surface area contributed by atoms with Gasteiger partial charge in [-0.15, -0.1) is 11.8 Å². The van der Waals surface area contributed by atoms with Crippen molar-refractivity contribution in [2.45, 2.75) is 56.4 Å². The van der Waals surface area contributed by atoms with Gasteiger partial charge in [-0.25, -0.2) is 8.96 Å². The lowest BCUT2D eigenvalue weighted by atomic mass is 9.69. The Balaban J connectivity index is 2.15. The van der Waals surface area contributed by atoms with Crippen molar-refractivity contribution in [2.75, 3.05) is 5.75 Å². The number of aliphatic hydroxyl groups excluding tert-OH is 1. The Morgan fingerprint density at radius 1 is 1.31 bits per heavy atom. The highest BCUT2D eigenvalue weighted by molar-refractivity contribution is 7.99. The standard InChI is InChI=1S/C22H29FNOS/c1-4-6-11-22(5-2)15-26-19-10-9-17(23)13-18(19)20(21(22)25)16-8-7-12-24(3)14-16/h7-10,12-14,20-21,25H,4-6,11,15H2,1-3H3/q+1/t20-,21-,22?/m1/s1. The van der Waals surface area contributed by atoms with Crippen LogP contribution in [-0.4, -0.2) is 17.0 Å². The van der Waals surface area contributed by atoms with E-state index in [-0.39, 0.29) is 17.2 Å². The van der Waals surface area contributed by atoms with Crippen LogP contribution in [0, 0.1) is 11.2 Å². The number of pyridine rings is 1. The van der Waals surface area contributed by atoms with E-state index in [1.807, 2.05) is 29.9 Å². The number of rotatable bonds is 5. The van der Waals surface area contributed by atoms with Crippen molar-refractivity contribution in [3.05, 3.63) is 59.7 Å². The van der Waals surface area contributed by atoms with Crippen LogP contribution in [0.2, 0.25) is 0 Å². The molecule has 1 aromatic carbocycles. The summed E-state index contributed by atoms with van der Waals surface area (Å²) in [6, 6.07) is 9.08. The summed E-state index contributed by atoms with van der Waals surface area (Å²) in [6.45, 7) is 4.37. The zero-order valence-electron chi connectivity index (χ0n) is 15.9. The van der Waals surface area contributed by atoms with Crippen LogP contribution in [0.5, 0.6) is 0 Å². The molecule has 2 aromatic rings.